The number of carbonyl (C=O) groups excluding carboxylic acids is 1. The van der Waals surface area contributed by atoms with Gasteiger partial charge < -0.3 is 11.1 Å². The Hall–Kier alpha value is -2.40. The van der Waals surface area contributed by atoms with Crippen LogP contribution in [-0.4, -0.2) is 10.9 Å². The Bertz CT molecular complexity index is 807. The molecule has 1 amide bonds. The van der Waals surface area contributed by atoms with E-state index >= 15 is 0 Å². The van der Waals surface area contributed by atoms with Crippen LogP contribution in [0.3, 0.4) is 0 Å². The van der Waals surface area contributed by atoms with Crippen LogP contribution in [-0.2, 0) is 0 Å². The number of nitrogens with zero attached hydrogens (tertiary/aromatic N) is 1. The molecule has 0 bridgehead atoms. The van der Waals surface area contributed by atoms with Crippen molar-refractivity contribution in [2.75, 3.05) is 11.1 Å². The highest BCUT2D eigenvalue weighted by molar-refractivity contribution is 9.10. The van der Waals surface area contributed by atoms with Gasteiger partial charge in [-0.15, -0.1) is 0 Å². The smallest absolute Gasteiger partial charge is 0.255 e. The Balaban J connectivity index is 1.96. The summed E-state index contributed by atoms with van der Waals surface area (Å²) in [5.74, 6) is -0.202. The van der Waals surface area contributed by atoms with Gasteiger partial charge >= 0.3 is 0 Å². The van der Waals surface area contributed by atoms with Gasteiger partial charge in [-0.25, -0.2) is 0 Å². The lowest BCUT2D eigenvalue weighted by Crippen LogP contribution is -2.12. The predicted octanol–water partition coefficient (Wildman–Crippen LogP) is 3.83. The molecule has 0 unspecified atom stereocenters. The molecule has 5 heteroatoms. The van der Waals surface area contributed by atoms with Crippen LogP contribution >= 0.6 is 15.9 Å². The summed E-state index contributed by atoms with van der Waals surface area (Å²) in [6, 6.07) is 12.7. The number of benzene rings is 2. The Morgan fingerprint density at radius 1 is 1.19 bits per heavy atom. The van der Waals surface area contributed by atoms with Crippen LogP contribution in [0.4, 0.5) is 11.4 Å². The number of nitrogens with one attached hydrogen (secondary N) is 1. The van der Waals surface area contributed by atoms with Crippen LogP contribution < -0.4 is 11.1 Å². The quantitative estimate of drug-likeness (QED) is 0.696. The van der Waals surface area contributed by atoms with Crippen molar-refractivity contribution in [3.8, 4) is 0 Å². The summed E-state index contributed by atoms with van der Waals surface area (Å²) in [5.41, 5.74) is 7.56. The molecule has 0 radical (unpaired) electrons. The third kappa shape index (κ3) is 2.87. The molecule has 104 valence electrons. The second-order valence-electron chi connectivity index (χ2n) is 4.63. The molecule has 3 rings (SSSR count). The number of hydrogen-bond acceptors (Lipinski definition) is 3. The summed E-state index contributed by atoms with van der Waals surface area (Å²) in [7, 11) is 0. The molecule has 0 aliphatic rings. The van der Waals surface area contributed by atoms with Crippen molar-refractivity contribution >= 4 is 44.0 Å². The number of fused-ring (bicyclic) bond motifs is 1. The highest BCUT2D eigenvalue weighted by Gasteiger charge is 2.09. The molecule has 0 fully saturated rings. The van der Waals surface area contributed by atoms with E-state index in [2.05, 4.69) is 26.2 Å². The first-order valence-corrected chi connectivity index (χ1v) is 7.13. The number of halogens is 1. The molecular weight excluding hydrogens is 330 g/mol. The Labute approximate surface area is 130 Å². The van der Waals surface area contributed by atoms with E-state index in [9.17, 15) is 4.79 Å². The van der Waals surface area contributed by atoms with Crippen molar-refractivity contribution in [3.63, 3.8) is 0 Å². The van der Waals surface area contributed by atoms with E-state index in [4.69, 9.17) is 5.73 Å². The molecule has 0 atom stereocenters. The second kappa shape index (κ2) is 5.54. The first-order chi connectivity index (χ1) is 10.1. The molecule has 0 aliphatic carbocycles. The zero-order chi connectivity index (χ0) is 14.8. The lowest BCUT2D eigenvalue weighted by atomic mass is 10.1. The molecule has 2 aromatic carbocycles. The summed E-state index contributed by atoms with van der Waals surface area (Å²) in [6.45, 7) is 0. The van der Waals surface area contributed by atoms with E-state index in [1.54, 1.807) is 30.6 Å². The van der Waals surface area contributed by atoms with Gasteiger partial charge in [-0.1, -0.05) is 28.1 Å². The predicted molar refractivity (Wildman–Crippen MR) is 88.3 cm³/mol. The fourth-order valence-electron chi connectivity index (χ4n) is 2.17. The highest BCUT2D eigenvalue weighted by atomic mass is 79.9. The van der Waals surface area contributed by atoms with Gasteiger partial charge in [-0.2, -0.15) is 0 Å². The van der Waals surface area contributed by atoms with E-state index < -0.39 is 0 Å². The Morgan fingerprint density at radius 3 is 2.86 bits per heavy atom. The third-order valence-electron chi connectivity index (χ3n) is 3.11. The minimum Gasteiger partial charge on any atom is -0.399 e. The van der Waals surface area contributed by atoms with Gasteiger partial charge in [0.05, 0.1) is 0 Å². The van der Waals surface area contributed by atoms with Crippen LogP contribution in [0.2, 0.25) is 0 Å². The summed E-state index contributed by atoms with van der Waals surface area (Å²) < 4.78 is 0.773. The number of carbonyl (C=O) groups is 1. The number of hydrogen-bond donors (Lipinski definition) is 2. The Kier molecular flexibility index (Phi) is 3.58. The maximum atomic E-state index is 12.4. The first kappa shape index (κ1) is 13.6. The van der Waals surface area contributed by atoms with Gasteiger partial charge in [0.2, 0.25) is 0 Å². The molecule has 21 heavy (non-hydrogen) atoms. The number of nitrogen functional groups attached to an aromatic ring is 1. The number of rotatable bonds is 2. The fourth-order valence-corrected chi connectivity index (χ4v) is 2.68. The molecule has 0 spiro atoms. The molecule has 3 aromatic rings. The number of anilines is 2. The van der Waals surface area contributed by atoms with Gasteiger partial charge in [0.1, 0.15) is 0 Å². The highest BCUT2D eigenvalue weighted by Crippen LogP contribution is 2.24. The molecular formula is C16H12BrN3O. The van der Waals surface area contributed by atoms with Gasteiger partial charge in [0.25, 0.3) is 5.91 Å². The molecule has 0 saturated heterocycles. The minimum atomic E-state index is -0.202. The number of pyridine rings is 1. The van der Waals surface area contributed by atoms with E-state index in [1.807, 2.05) is 24.3 Å². The maximum absolute atomic E-state index is 12.4. The van der Waals surface area contributed by atoms with E-state index in [1.165, 1.54) is 0 Å². The number of aromatic nitrogens is 1. The van der Waals surface area contributed by atoms with E-state index in [0.29, 0.717) is 11.3 Å². The topological polar surface area (TPSA) is 68.0 Å². The van der Waals surface area contributed by atoms with Gasteiger partial charge in [0.15, 0.2) is 0 Å². The molecule has 1 aromatic heterocycles. The van der Waals surface area contributed by atoms with Gasteiger partial charge in [0, 0.05) is 44.6 Å². The lowest BCUT2D eigenvalue weighted by molar-refractivity contribution is 0.102. The van der Waals surface area contributed by atoms with Crippen molar-refractivity contribution in [2.45, 2.75) is 0 Å². The van der Waals surface area contributed by atoms with Gasteiger partial charge in [-0.05, 0) is 30.3 Å². The van der Waals surface area contributed by atoms with Crippen molar-refractivity contribution in [3.05, 3.63) is 64.9 Å². The molecule has 0 saturated carbocycles. The summed E-state index contributed by atoms with van der Waals surface area (Å²) in [6.07, 6.45) is 3.47. The monoisotopic (exact) mass is 341 g/mol. The summed E-state index contributed by atoms with van der Waals surface area (Å²) in [5, 5.41) is 4.84. The van der Waals surface area contributed by atoms with Crippen molar-refractivity contribution in [1.29, 1.82) is 0 Å². The second-order valence-corrected chi connectivity index (χ2v) is 5.55. The zero-order valence-corrected chi connectivity index (χ0v) is 12.6. The van der Waals surface area contributed by atoms with E-state index in [-0.39, 0.29) is 5.91 Å². The lowest BCUT2D eigenvalue weighted by Gasteiger charge is -2.09. The molecule has 0 aliphatic heterocycles. The SMILES string of the molecule is Nc1cc(Br)cc(C(=O)Nc2cccc3cnccc23)c1. The largest absolute Gasteiger partial charge is 0.399 e. The van der Waals surface area contributed by atoms with E-state index in [0.717, 1.165) is 20.9 Å². The Morgan fingerprint density at radius 2 is 2.05 bits per heavy atom. The third-order valence-corrected chi connectivity index (χ3v) is 3.57. The van der Waals surface area contributed by atoms with Crippen LogP contribution in [0.15, 0.2) is 59.3 Å². The summed E-state index contributed by atoms with van der Waals surface area (Å²) >= 11 is 3.34. The average molecular weight is 342 g/mol. The van der Waals surface area contributed by atoms with Crippen LogP contribution in [0, 0.1) is 0 Å². The number of amides is 1. The average Bonchev–Trinajstić information content (AvgIpc) is 2.46. The van der Waals surface area contributed by atoms with Crippen molar-refractivity contribution in [2.24, 2.45) is 0 Å². The molecule has 4 nitrogen and oxygen atoms in total. The number of nitrogens with two attached hydrogens (primary N) is 1. The van der Waals surface area contributed by atoms with Crippen molar-refractivity contribution in [1.82, 2.24) is 4.98 Å². The first-order valence-electron chi connectivity index (χ1n) is 6.33. The standard InChI is InChI=1S/C16H12BrN3O/c17-12-6-11(7-13(18)8-12)16(21)20-15-3-1-2-10-9-19-5-4-14(10)15/h1-9H,18H2,(H,20,21). The minimum absolute atomic E-state index is 0.202. The van der Waals surface area contributed by atoms with Crippen LogP contribution in [0.5, 0.6) is 0 Å². The van der Waals surface area contributed by atoms with Crippen LogP contribution in [0.1, 0.15) is 10.4 Å². The fraction of sp³-hybridized carbons (Fsp3) is 0. The maximum Gasteiger partial charge on any atom is 0.255 e. The van der Waals surface area contributed by atoms with Crippen molar-refractivity contribution < 1.29 is 4.79 Å². The van der Waals surface area contributed by atoms with Gasteiger partial charge in [-0.3, -0.25) is 9.78 Å². The normalized spacial score (nSPS) is 10.5. The molecule has 3 N–H and O–H groups in total. The van der Waals surface area contributed by atoms with Crippen LogP contribution in [0.25, 0.3) is 10.8 Å². The zero-order valence-electron chi connectivity index (χ0n) is 11.0. The summed E-state index contributed by atoms with van der Waals surface area (Å²) in [4.78, 5) is 16.4. The molecule has 1 heterocycles.